The Balaban J connectivity index is 1.39. The molecule has 4 N–H and O–H groups in total. The van der Waals surface area contributed by atoms with E-state index in [9.17, 15) is 14.4 Å². The van der Waals surface area contributed by atoms with Gasteiger partial charge >= 0.3 is 12.1 Å². The van der Waals surface area contributed by atoms with Crippen molar-refractivity contribution < 1.29 is 29.3 Å². The third kappa shape index (κ3) is 5.61. The molecule has 164 valence electrons. The van der Waals surface area contributed by atoms with Crippen LogP contribution in [0.1, 0.15) is 36.3 Å². The highest BCUT2D eigenvalue weighted by Gasteiger charge is 2.28. The number of rotatable bonds is 10. The van der Waals surface area contributed by atoms with E-state index in [0.717, 1.165) is 22.3 Å². The van der Waals surface area contributed by atoms with Gasteiger partial charge < -0.3 is 25.6 Å². The van der Waals surface area contributed by atoms with Gasteiger partial charge in [-0.3, -0.25) is 4.79 Å². The summed E-state index contributed by atoms with van der Waals surface area (Å²) < 4.78 is 5.44. The first-order valence-corrected chi connectivity index (χ1v) is 10.2. The molecule has 0 aliphatic heterocycles. The zero-order valence-corrected chi connectivity index (χ0v) is 17.0. The van der Waals surface area contributed by atoms with Crippen LogP contribution in [0.2, 0.25) is 0 Å². The topological polar surface area (TPSA) is 125 Å². The van der Waals surface area contributed by atoms with Crippen LogP contribution in [0, 0.1) is 0 Å². The number of ether oxygens (including phenoxy) is 1. The first-order valence-electron chi connectivity index (χ1n) is 10.2. The molecular formula is C23H26N2O6. The van der Waals surface area contributed by atoms with Crippen molar-refractivity contribution in [1.29, 1.82) is 0 Å². The number of carbonyl (C=O) groups excluding carboxylic acids is 2. The van der Waals surface area contributed by atoms with Crippen molar-refractivity contribution in [2.24, 2.45) is 0 Å². The molecule has 0 fully saturated rings. The van der Waals surface area contributed by atoms with E-state index in [1.54, 1.807) is 0 Å². The smallest absolute Gasteiger partial charge is 0.407 e. The molecule has 1 atom stereocenters. The lowest BCUT2D eigenvalue weighted by atomic mass is 9.98. The zero-order valence-electron chi connectivity index (χ0n) is 17.0. The number of fused-ring (bicyclic) bond motifs is 3. The second-order valence-corrected chi connectivity index (χ2v) is 7.35. The van der Waals surface area contributed by atoms with Crippen molar-refractivity contribution in [3.8, 4) is 11.1 Å². The lowest BCUT2D eigenvalue weighted by molar-refractivity contribution is -0.142. The predicted octanol–water partition coefficient (Wildman–Crippen LogP) is 2.26. The van der Waals surface area contributed by atoms with Crippen LogP contribution in [0.4, 0.5) is 4.79 Å². The first-order chi connectivity index (χ1) is 15.0. The highest BCUT2D eigenvalue weighted by molar-refractivity contribution is 5.83. The second kappa shape index (κ2) is 10.6. The van der Waals surface area contributed by atoms with Crippen LogP contribution < -0.4 is 10.6 Å². The van der Waals surface area contributed by atoms with Crippen LogP contribution in [-0.4, -0.2) is 54.0 Å². The van der Waals surface area contributed by atoms with Gasteiger partial charge in [-0.2, -0.15) is 0 Å². The average Bonchev–Trinajstić information content (AvgIpc) is 3.09. The van der Waals surface area contributed by atoms with Gasteiger partial charge in [0.05, 0.1) is 6.61 Å². The Morgan fingerprint density at radius 3 is 2.16 bits per heavy atom. The highest BCUT2D eigenvalue weighted by atomic mass is 16.5. The Bertz CT molecular complexity index is 900. The van der Waals surface area contributed by atoms with Crippen molar-refractivity contribution in [3.63, 3.8) is 0 Å². The number of nitrogens with one attached hydrogen (secondary N) is 2. The molecule has 2 aromatic rings. The van der Waals surface area contributed by atoms with Gasteiger partial charge in [0.15, 0.2) is 0 Å². The number of unbranched alkanes of at least 4 members (excludes halogenated alkanes) is 1. The fourth-order valence-corrected chi connectivity index (χ4v) is 3.70. The van der Waals surface area contributed by atoms with E-state index in [4.69, 9.17) is 14.9 Å². The number of carboxylic acid groups (broad SMARTS) is 1. The summed E-state index contributed by atoms with van der Waals surface area (Å²) in [6.45, 7) is -0.0866. The Kier molecular flexibility index (Phi) is 7.61. The zero-order chi connectivity index (χ0) is 22.2. The SMILES string of the molecule is O=C(CCCCNC(=O)OCC1c2ccccc2-c2ccccc21)N[C@H](CO)C(=O)O. The maximum absolute atomic E-state index is 12.1. The number of hydrogen-bond acceptors (Lipinski definition) is 5. The largest absolute Gasteiger partial charge is 0.480 e. The second-order valence-electron chi connectivity index (χ2n) is 7.35. The summed E-state index contributed by atoms with van der Waals surface area (Å²) in [7, 11) is 0. The third-order valence-electron chi connectivity index (χ3n) is 5.26. The standard InChI is InChI=1S/C23H26N2O6/c26-13-20(22(28)29)25-21(27)11-5-6-12-24-23(30)31-14-19-17-9-3-1-7-15(17)16-8-2-4-10-18(16)19/h1-4,7-10,19-20,26H,5-6,11-14H2,(H,24,30)(H,25,27)(H,28,29)/t20-/m1/s1. The monoisotopic (exact) mass is 426 g/mol. The van der Waals surface area contributed by atoms with Gasteiger partial charge in [0, 0.05) is 18.9 Å². The fraction of sp³-hybridized carbons (Fsp3) is 0.348. The number of aliphatic hydroxyl groups excluding tert-OH is 1. The van der Waals surface area contributed by atoms with E-state index < -0.39 is 30.6 Å². The van der Waals surface area contributed by atoms with Crippen molar-refractivity contribution in [2.45, 2.75) is 31.2 Å². The Labute approximate surface area is 180 Å². The van der Waals surface area contributed by atoms with Gasteiger partial charge in [-0.15, -0.1) is 0 Å². The quantitative estimate of drug-likeness (QED) is 0.432. The number of hydrogen-bond donors (Lipinski definition) is 4. The summed E-state index contributed by atoms with van der Waals surface area (Å²) in [5, 5.41) is 22.6. The number of aliphatic carboxylic acids is 1. The third-order valence-corrected chi connectivity index (χ3v) is 5.26. The minimum absolute atomic E-state index is 0.00412. The summed E-state index contributed by atoms with van der Waals surface area (Å²) in [5.74, 6) is -1.74. The van der Waals surface area contributed by atoms with E-state index in [1.165, 1.54) is 0 Å². The van der Waals surface area contributed by atoms with Gasteiger partial charge in [0.25, 0.3) is 0 Å². The van der Waals surface area contributed by atoms with Crippen molar-refractivity contribution in [3.05, 3.63) is 59.7 Å². The summed E-state index contributed by atoms with van der Waals surface area (Å²) in [6.07, 6.45) is 0.593. The van der Waals surface area contributed by atoms with E-state index in [-0.39, 0.29) is 18.9 Å². The van der Waals surface area contributed by atoms with E-state index >= 15 is 0 Å². The molecule has 0 aromatic heterocycles. The molecule has 0 unspecified atom stereocenters. The van der Waals surface area contributed by atoms with Crippen LogP contribution in [0.3, 0.4) is 0 Å². The van der Waals surface area contributed by atoms with Crippen molar-refractivity contribution >= 4 is 18.0 Å². The fourth-order valence-electron chi connectivity index (χ4n) is 3.70. The van der Waals surface area contributed by atoms with Crippen molar-refractivity contribution in [1.82, 2.24) is 10.6 Å². The normalized spacial score (nSPS) is 13.1. The van der Waals surface area contributed by atoms with Crippen LogP contribution in [-0.2, 0) is 14.3 Å². The number of benzene rings is 2. The van der Waals surface area contributed by atoms with Crippen molar-refractivity contribution in [2.75, 3.05) is 19.8 Å². The lowest BCUT2D eigenvalue weighted by Gasteiger charge is -2.14. The summed E-state index contributed by atoms with van der Waals surface area (Å²) in [4.78, 5) is 34.5. The lowest BCUT2D eigenvalue weighted by Crippen LogP contribution is -2.43. The maximum atomic E-state index is 12.1. The molecular weight excluding hydrogens is 400 g/mol. The first kappa shape index (κ1) is 22.3. The number of alkyl carbamates (subject to hydrolysis) is 1. The van der Waals surface area contributed by atoms with E-state index in [2.05, 4.69) is 34.9 Å². The molecule has 1 aliphatic rings. The van der Waals surface area contributed by atoms with E-state index in [0.29, 0.717) is 19.4 Å². The minimum atomic E-state index is -1.30. The van der Waals surface area contributed by atoms with Crippen LogP contribution >= 0.6 is 0 Å². The highest BCUT2D eigenvalue weighted by Crippen LogP contribution is 2.44. The van der Waals surface area contributed by atoms with E-state index in [1.807, 2.05) is 24.3 Å². The molecule has 2 aromatic carbocycles. The molecule has 0 heterocycles. The number of carboxylic acids is 1. The molecule has 0 saturated carbocycles. The van der Waals surface area contributed by atoms with Gasteiger partial charge in [0.1, 0.15) is 12.6 Å². The van der Waals surface area contributed by atoms with Gasteiger partial charge in [-0.25, -0.2) is 9.59 Å². The minimum Gasteiger partial charge on any atom is -0.480 e. The molecule has 0 radical (unpaired) electrons. The summed E-state index contributed by atoms with van der Waals surface area (Å²) >= 11 is 0. The molecule has 0 bridgehead atoms. The molecule has 1 aliphatic carbocycles. The molecule has 31 heavy (non-hydrogen) atoms. The van der Waals surface area contributed by atoms with Crippen LogP contribution in [0.5, 0.6) is 0 Å². The van der Waals surface area contributed by atoms with Crippen LogP contribution in [0.15, 0.2) is 48.5 Å². The predicted molar refractivity (Wildman–Crippen MR) is 114 cm³/mol. The number of carbonyl (C=O) groups is 3. The molecule has 8 heteroatoms. The van der Waals surface area contributed by atoms with Crippen LogP contribution in [0.25, 0.3) is 11.1 Å². The molecule has 8 nitrogen and oxygen atoms in total. The van der Waals surface area contributed by atoms with Gasteiger partial charge in [0.2, 0.25) is 5.91 Å². The molecule has 3 rings (SSSR count). The Morgan fingerprint density at radius 1 is 0.968 bits per heavy atom. The molecule has 0 spiro atoms. The molecule has 2 amide bonds. The van der Waals surface area contributed by atoms with Gasteiger partial charge in [-0.05, 0) is 35.1 Å². The maximum Gasteiger partial charge on any atom is 0.407 e. The van der Waals surface area contributed by atoms with Gasteiger partial charge in [-0.1, -0.05) is 48.5 Å². The molecule has 0 saturated heterocycles. The number of aliphatic hydroxyl groups is 1. The Morgan fingerprint density at radius 2 is 1.58 bits per heavy atom. The summed E-state index contributed by atoms with van der Waals surface area (Å²) in [5.41, 5.74) is 4.61. The summed E-state index contributed by atoms with van der Waals surface area (Å²) in [6, 6.07) is 14.9. The Hall–Kier alpha value is -3.39. The number of amides is 2. The average molecular weight is 426 g/mol.